The highest BCUT2D eigenvalue weighted by Gasteiger charge is 2.25. The van der Waals surface area contributed by atoms with E-state index < -0.39 is 0 Å². The van der Waals surface area contributed by atoms with Crippen molar-refractivity contribution in [3.05, 3.63) is 28.2 Å². The van der Waals surface area contributed by atoms with Gasteiger partial charge in [0.05, 0.1) is 6.10 Å². The monoisotopic (exact) mass is 312 g/mol. The second-order valence-electron chi connectivity index (χ2n) is 4.85. The number of nitrogens with two attached hydrogens (primary N) is 1. The van der Waals surface area contributed by atoms with E-state index in [2.05, 4.69) is 34.2 Å². The van der Waals surface area contributed by atoms with E-state index in [1.807, 2.05) is 12.1 Å². The van der Waals surface area contributed by atoms with Crippen molar-refractivity contribution in [2.45, 2.75) is 32.4 Å². The Labute approximate surface area is 117 Å². The SMILES string of the molecule is CCC1OCCC1CNCc1ccc(Br)c(N)c1. The molecule has 1 aliphatic rings. The van der Waals surface area contributed by atoms with Gasteiger partial charge in [-0.25, -0.2) is 0 Å². The molecule has 18 heavy (non-hydrogen) atoms. The molecule has 0 radical (unpaired) electrons. The molecule has 3 nitrogen and oxygen atoms in total. The molecule has 1 aromatic carbocycles. The lowest BCUT2D eigenvalue weighted by molar-refractivity contribution is 0.0872. The topological polar surface area (TPSA) is 47.3 Å². The number of anilines is 1. The molecule has 0 spiro atoms. The Morgan fingerprint density at radius 3 is 3.06 bits per heavy atom. The number of hydrogen-bond donors (Lipinski definition) is 2. The van der Waals surface area contributed by atoms with Crippen LogP contribution in [0.5, 0.6) is 0 Å². The van der Waals surface area contributed by atoms with Crippen LogP contribution in [0.25, 0.3) is 0 Å². The number of nitrogens with one attached hydrogen (secondary N) is 1. The predicted octanol–water partition coefficient (Wildman–Crippen LogP) is 2.94. The molecule has 1 aliphatic heterocycles. The van der Waals surface area contributed by atoms with Crippen molar-refractivity contribution in [1.29, 1.82) is 0 Å². The van der Waals surface area contributed by atoms with Gasteiger partial charge < -0.3 is 15.8 Å². The lowest BCUT2D eigenvalue weighted by Gasteiger charge is -2.17. The summed E-state index contributed by atoms with van der Waals surface area (Å²) in [5.74, 6) is 0.655. The molecule has 100 valence electrons. The minimum absolute atomic E-state index is 0.437. The van der Waals surface area contributed by atoms with Crippen LogP contribution in [0.3, 0.4) is 0 Å². The van der Waals surface area contributed by atoms with Crippen LogP contribution in [0.1, 0.15) is 25.3 Å². The molecule has 1 saturated heterocycles. The fourth-order valence-electron chi connectivity index (χ4n) is 2.48. The van der Waals surface area contributed by atoms with Crippen LogP contribution in [0.15, 0.2) is 22.7 Å². The number of nitrogen functional groups attached to an aromatic ring is 1. The van der Waals surface area contributed by atoms with Crippen molar-refractivity contribution in [3.63, 3.8) is 0 Å². The van der Waals surface area contributed by atoms with Crippen LogP contribution in [0.2, 0.25) is 0 Å². The van der Waals surface area contributed by atoms with Crippen molar-refractivity contribution < 1.29 is 4.74 Å². The molecule has 3 N–H and O–H groups in total. The van der Waals surface area contributed by atoms with E-state index in [1.165, 1.54) is 12.0 Å². The molecule has 2 unspecified atom stereocenters. The molecular formula is C14H21BrN2O. The zero-order valence-electron chi connectivity index (χ0n) is 10.8. The Bertz CT molecular complexity index is 397. The third-order valence-electron chi connectivity index (χ3n) is 3.54. The number of hydrogen-bond acceptors (Lipinski definition) is 3. The van der Waals surface area contributed by atoms with Crippen molar-refractivity contribution >= 4 is 21.6 Å². The first-order valence-corrected chi connectivity index (χ1v) is 7.36. The van der Waals surface area contributed by atoms with Gasteiger partial charge >= 0.3 is 0 Å². The first-order chi connectivity index (χ1) is 8.70. The van der Waals surface area contributed by atoms with Crippen LogP contribution in [-0.2, 0) is 11.3 Å². The van der Waals surface area contributed by atoms with Crippen LogP contribution in [-0.4, -0.2) is 19.3 Å². The minimum Gasteiger partial charge on any atom is -0.398 e. The summed E-state index contributed by atoms with van der Waals surface area (Å²) < 4.78 is 6.65. The molecule has 0 amide bonds. The van der Waals surface area contributed by atoms with Crippen molar-refractivity contribution in [1.82, 2.24) is 5.32 Å². The highest BCUT2D eigenvalue weighted by Crippen LogP contribution is 2.23. The van der Waals surface area contributed by atoms with E-state index in [0.717, 1.165) is 36.3 Å². The quantitative estimate of drug-likeness (QED) is 0.822. The normalized spacial score (nSPS) is 23.4. The molecule has 1 heterocycles. The largest absolute Gasteiger partial charge is 0.398 e. The molecule has 1 aromatic rings. The van der Waals surface area contributed by atoms with Crippen molar-refractivity contribution in [3.8, 4) is 0 Å². The maximum Gasteiger partial charge on any atom is 0.0613 e. The molecule has 0 saturated carbocycles. The summed E-state index contributed by atoms with van der Waals surface area (Å²) in [4.78, 5) is 0. The smallest absolute Gasteiger partial charge is 0.0613 e. The van der Waals surface area contributed by atoms with Crippen molar-refractivity contribution in [2.24, 2.45) is 5.92 Å². The van der Waals surface area contributed by atoms with Gasteiger partial charge in [0, 0.05) is 29.9 Å². The third-order valence-corrected chi connectivity index (χ3v) is 4.27. The summed E-state index contributed by atoms with van der Waals surface area (Å²) >= 11 is 3.41. The number of halogens is 1. The summed E-state index contributed by atoms with van der Waals surface area (Å²) in [7, 11) is 0. The summed E-state index contributed by atoms with van der Waals surface area (Å²) in [6.07, 6.45) is 2.72. The Hall–Kier alpha value is -0.580. The second kappa shape index (κ2) is 6.55. The highest BCUT2D eigenvalue weighted by atomic mass is 79.9. The van der Waals surface area contributed by atoms with Crippen LogP contribution < -0.4 is 11.1 Å². The number of benzene rings is 1. The van der Waals surface area contributed by atoms with Gasteiger partial charge in [-0.2, -0.15) is 0 Å². The Kier molecular flexibility index (Phi) is 5.03. The van der Waals surface area contributed by atoms with E-state index in [9.17, 15) is 0 Å². The fraction of sp³-hybridized carbons (Fsp3) is 0.571. The molecule has 1 fully saturated rings. The molecule has 2 atom stereocenters. The standard InChI is InChI=1S/C14H21BrN2O/c1-2-14-11(5-6-18-14)9-17-8-10-3-4-12(15)13(16)7-10/h3-4,7,11,14,17H,2,5-6,8-9,16H2,1H3. The van der Waals surface area contributed by atoms with Gasteiger partial charge in [-0.3, -0.25) is 0 Å². The maximum absolute atomic E-state index is 5.86. The van der Waals surface area contributed by atoms with Crippen LogP contribution >= 0.6 is 15.9 Å². The van der Waals surface area contributed by atoms with E-state index >= 15 is 0 Å². The van der Waals surface area contributed by atoms with E-state index in [4.69, 9.17) is 10.5 Å². The Balaban J connectivity index is 1.79. The zero-order chi connectivity index (χ0) is 13.0. The van der Waals surface area contributed by atoms with Gasteiger partial charge in [0.15, 0.2) is 0 Å². The summed E-state index contributed by atoms with van der Waals surface area (Å²) in [6.45, 7) is 4.99. The van der Waals surface area contributed by atoms with Gasteiger partial charge in [-0.15, -0.1) is 0 Å². The van der Waals surface area contributed by atoms with Gasteiger partial charge in [0.1, 0.15) is 0 Å². The second-order valence-corrected chi connectivity index (χ2v) is 5.71. The molecular weight excluding hydrogens is 292 g/mol. The summed E-state index contributed by atoms with van der Waals surface area (Å²) in [5, 5.41) is 3.50. The van der Waals surface area contributed by atoms with E-state index in [-0.39, 0.29) is 0 Å². The first-order valence-electron chi connectivity index (χ1n) is 6.57. The predicted molar refractivity (Wildman–Crippen MR) is 78.4 cm³/mol. The van der Waals surface area contributed by atoms with Crippen LogP contribution in [0.4, 0.5) is 5.69 Å². The van der Waals surface area contributed by atoms with E-state index in [1.54, 1.807) is 0 Å². The lowest BCUT2D eigenvalue weighted by Crippen LogP contribution is -2.27. The highest BCUT2D eigenvalue weighted by molar-refractivity contribution is 9.10. The summed E-state index contributed by atoms with van der Waals surface area (Å²) in [5.41, 5.74) is 7.88. The van der Waals surface area contributed by atoms with Crippen LogP contribution in [0, 0.1) is 5.92 Å². The molecule has 2 rings (SSSR count). The lowest BCUT2D eigenvalue weighted by atomic mass is 9.99. The first kappa shape index (κ1) is 13.8. The Morgan fingerprint density at radius 2 is 2.33 bits per heavy atom. The maximum atomic E-state index is 5.86. The Morgan fingerprint density at radius 1 is 1.50 bits per heavy atom. The van der Waals surface area contributed by atoms with Gasteiger partial charge in [-0.05, 0) is 52.4 Å². The average Bonchev–Trinajstić information content (AvgIpc) is 2.81. The van der Waals surface area contributed by atoms with Crippen molar-refractivity contribution in [2.75, 3.05) is 18.9 Å². The van der Waals surface area contributed by atoms with Gasteiger partial charge in [0.2, 0.25) is 0 Å². The molecule has 0 bridgehead atoms. The number of rotatable bonds is 5. The van der Waals surface area contributed by atoms with Gasteiger partial charge in [0.25, 0.3) is 0 Å². The minimum atomic E-state index is 0.437. The van der Waals surface area contributed by atoms with E-state index in [0.29, 0.717) is 12.0 Å². The molecule has 0 aromatic heterocycles. The summed E-state index contributed by atoms with van der Waals surface area (Å²) in [6, 6.07) is 6.11. The molecule has 0 aliphatic carbocycles. The zero-order valence-corrected chi connectivity index (χ0v) is 12.4. The number of ether oxygens (including phenoxy) is 1. The average molecular weight is 313 g/mol. The molecule has 4 heteroatoms. The third kappa shape index (κ3) is 3.46. The van der Waals surface area contributed by atoms with Gasteiger partial charge in [-0.1, -0.05) is 13.0 Å². The fourth-order valence-corrected chi connectivity index (χ4v) is 2.73.